The van der Waals surface area contributed by atoms with Gasteiger partial charge in [-0.3, -0.25) is 0 Å². The Morgan fingerprint density at radius 2 is 2.44 bits per heavy atom. The predicted octanol–water partition coefficient (Wildman–Crippen LogP) is 1.03. The van der Waals surface area contributed by atoms with Gasteiger partial charge in [-0.1, -0.05) is 12.8 Å². The second kappa shape index (κ2) is 2.89. The molecule has 2 atom stereocenters. The topological polar surface area (TPSA) is 20.2 Å². The molecule has 0 aromatic heterocycles. The molecule has 0 aliphatic heterocycles. The van der Waals surface area contributed by atoms with Gasteiger partial charge in [0, 0.05) is 18.9 Å². The molecule has 2 unspecified atom stereocenters. The molecule has 0 aromatic rings. The Morgan fingerprint density at radius 3 is 2.56 bits per heavy atom. The van der Waals surface area contributed by atoms with Crippen molar-refractivity contribution in [2.45, 2.75) is 19.8 Å². The van der Waals surface area contributed by atoms with Gasteiger partial charge in [-0.25, -0.2) is 0 Å². The molecule has 0 amide bonds. The average Bonchev–Trinajstić information content (AvgIpc) is 1.78. The van der Waals surface area contributed by atoms with Gasteiger partial charge >= 0.3 is 0 Å². The van der Waals surface area contributed by atoms with E-state index in [-0.39, 0.29) is 0 Å². The highest BCUT2D eigenvalue weighted by Gasteiger charge is 2.19. The van der Waals surface area contributed by atoms with Gasteiger partial charge in [-0.05, 0) is 12.3 Å². The lowest BCUT2D eigenvalue weighted by atomic mass is 9.84. The molecule has 0 aromatic carbocycles. The van der Waals surface area contributed by atoms with Crippen LogP contribution in [0, 0.1) is 23.7 Å². The van der Waals surface area contributed by atoms with E-state index in [1.165, 1.54) is 0 Å². The predicted molar refractivity (Wildman–Crippen MR) is 36.7 cm³/mol. The molecule has 1 N–H and O–H groups in total. The van der Waals surface area contributed by atoms with Gasteiger partial charge in [0.05, 0.1) is 0 Å². The zero-order valence-electron chi connectivity index (χ0n) is 5.72. The summed E-state index contributed by atoms with van der Waals surface area (Å²) in [5.74, 6) is 6.92. The first-order valence-electron chi connectivity index (χ1n) is 3.47. The van der Waals surface area contributed by atoms with E-state index < -0.39 is 0 Å². The molecule has 0 saturated carbocycles. The molecular weight excluding hydrogens is 112 g/mol. The lowest BCUT2D eigenvalue weighted by molar-refractivity contribution is 0.190. The average molecular weight is 124 g/mol. The zero-order valence-corrected chi connectivity index (χ0v) is 5.72. The van der Waals surface area contributed by atoms with Crippen molar-refractivity contribution < 1.29 is 5.11 Å². The number of aliphatic hydroxyl groups is 1. The molecule has 0 saturated heterocycles. The molecule has 1 aliphatic rings. The van der Waals surface area contributed by atoms with Crippen LogP contribution in [0.4, 0.5) is 0 Å². The van der Waals surface area contributed by atoms with E-state index in [2.05, 4.69) is 18.8 Å². The summed E-state index contributed by atoms with van der Waals surface area (Å²) in [5.41, 5.74) is 0. The molecule has 1 aliphatic carbocycles. The highest BCUT2D eigenvalue weighted by molar-refractivity contribution is 5.17. The summed E-state index contributed by atoms with van der Waals surface area (Å²) in [7, 11) is 0. The van der Waals surface area contributed by atoms with Crippen LogP contribution in [0.15, 0.2) is 0 Å². The fraction of sp³-hybridized carbons (Fsp3) is 0.750. The Bertz CT molecular complexity index is 136. The molecule has 1 heteroatoms. The normalized spacial score (nSPS) is 25.8. The van der Waals surface area contributed by atoms with Crippen LogP contribution in [0.1, 0.15) is 19.8 Å². The van der Waals surface area contributed by atoms with Gasteiger partial charge in [-0.15, -0.1) is 5.92 Å². The van der Waals surface area contributed by atoms with Gasteiger partial charge in [0.1, 0.15) is 0 Å². The third kappa shape index (κ3) is 1.25. The Morgan fingerprint density at radius 1 is 1.78 bits per heavy atom. The fourth-order valence-corrected chi connectivity index (χ4v) is 1.05. The van der Waals surface area contributed by atoms with Gasteiger partial charge in [-0.2, -0.15) is 0 Å². The third-order valence-electron chi connectivity index (χ3n) is 1.94. The van der Waals surface area contributed by atoms with E-state index in [9.17, 15) is 0 Å². The quantitative estimate of drug-likeness (QED) is 0.557. The molecule has 0 radical (unpaired) electrons. The summed E-state index contributed by atoms with van der Waals surface area (Å²) < 4.78 is 0. The summed E-state index contributed by atoms with van der Waals surface area (Å²) in [6.07, 6.45) is 2.05. The maximum atomic E-state index is 8.79. The number of rotatable bonds is 3. The van der Waals surface area contributed by atoms with Crippen LogP contribution >= 0.6 is 0 Å². The lowest BCUT2D eigenvalue weighted by Crippen LogP contribution is -2.19. The van der Waals surface area contributed by atoms with Crippen molar-refractivity contribution >= 4 is 0 Å². The Balaban J connectivity index is 2.32. The van der Waals surface area contributed by atoms with E-state index >= 15 is 0 Å². The van der Waals surface area contributed by atoms with Crippen LogP contribution in [0.5, 0.6) is 0 Å². The van der Waals surface area contributed by atoms with Crippen LogP contribution in [-0.4, -0.2) is 11.7 Å². The van der Waals surface area contributed by atoms with Crippen LogP contribution < -0.4 is 0 Å². The van der Waals surface area contributed by atoms with Crippen molar-refractivity contribution in [2.75, 3.05) is 6.61 Å². The first-order valence-corrected chi connectivity index (χ1v) is 3.47. The number of aliphatic hydroxyl groups excluding tert-OH is 1. The van der Waals surface area contributed by atoms with Gasteiger partial charge in [0.2, 0.25) is 0 Å². The van der Waals surface area contributed by atoms with E-state index in [4.69, 9.17) is 5.11 Å². The van der Waals surface area contributed by atoms with Crippen LogP contribution in [-0.2, 0) is 0 Å². The largest absolute Gasteiger partial charge is 0.396 e. The molecule has 0 fully saturated rings. The maximum absolute atomic E-state index is 8.79. The molecular formula is C8H12O. The van der Waals surface area contributed by atoms with Crippen molar-refractivity contribution in [3.63, 3.8) is 0 Å². The minimum Gasteiger partial charge on any atom is -0.396 e. The van der Waals surface area contributed by atoms with Gasteiger partial charge < -0.3 is 5.11 Å². The molecule has 1 nitrogen and oxygen atoms in total. The summed E-state index contributed by atoms with van der Waals surface area (Å²) in [5, 5.41) is 8.79. The first-order chi connectivity index (χ1) is 4.38. The molecule has 0 bridgehead atoms. The van der Waals surface area contributed by atoms with Crippen LogP contribution in [0.3, 0.4) is 0 Å². The van der Waals surface area contributed by atoms with Crippen LogP contribution in [0.2, 0.25) is 0 Å². The van der Waals surface area contributed by atoms with Crippen molar-refractivity contribution in [1.29, 1.82) is 0 Å². The second-order valence-electron chi connectivity index (χ2n) is 2.48. The molecule has 9 heavy (non-hydrogen) atoms. The Hall–Kier alpha value is -0.480. The smallest absolute Gasteiger partial charge is 0.0471 e. The van der Waals surface area contributed by atoms with Gasteiger partial charge in [0.25, 0.3) is 0 Å². The van der Waals surface area contributed by atoms with E-state index in [1.54, 1.807) is 0 Å². The fourth-order valence-electron chi connectivity index (χ4n) is 1.05. The monoisotopic (exact) mass is 124 g/mol. The molecule has 0 spiro atoms. The standard InChI is InChI=1S/C8H12O/c1-2-7(6-9)8-4-3-5-8/h7-9H,2,4,6H2,1H3. The van der Waals surface area contributed by atoms with Crippen molar-refractivity contribution in [1.82, 2.24) is 0 Å². The number of hydrogen-bond acceptors (Lipinski definition) is 1. The first kappa shape index (κ1) is 6.64. The van der Waals surface area contributed by atoms with E-state index in [1.807, 2.05) is 0 Å². The minimum absolute atomic E-state index is 0.301. The Labute approximate surface area is 56.1 Å². The van der Waals surface area contributed by atoms with Crippen molar-refractivity contribution in [3.05, 3.63) is 0 Å². The highest BCUT2D eigenvalue weighted by Crippen LogP contribution is 2.22. The Kier molecular flexibility index (Phi) is 2.13. The minimum atomic E-state index is 0.301. The summed E-state index contributed by atoms with van der Waals surface area (Å²) in [6, 6.07) is 0. The maximum Gasteiger partial charge on any atom is 0.0471 e. The summed E-state index contributed by atoms with van der Waals surface area (Å²) in [6.45, 7) is 2.40. The van der Waals surface area contributed by atoms with Crippen LogP contribution in [0.25, 0.3) is 0 Å². The summed E-state index contributed by atoms with van der Waals surface area (Å²) in [4.78, 5) is 0. The third-order valence-corrected chi connectivity index (χ3v) is 1.94. The highest BCUT2D eigenvalue weighted by atomic mass is 16.3. The number of hydrogen-bond donors (Lipinski definition) is 1. The second-order valence-corrected chi connectivity index (χ2v) is 2.48. The van der Waals surface area contributed by atoms with E-state index in [0.717, 1.165) is 12.8 Å². The summed E-state index contributed by atoms with van der Waals surface area (Å²) >= 11 is 0. The van der Waals surface area contributed by atoms with Crippen molar-refractivity contribution in [3.8, 4) is 11.8 Å². The SMILES string of the molecule is CCC(CO)C1C#CC1. The zero-order chi connectivity index (χ0) is 6.69. The van der Waals surface area contributed by atoms with E-state index in [0.29, 0.717) is 18.4 Å². The lowest BCUT2D eigenvalue weighted by Gasteiger charge is -2.21. The molecule has 50 valence electrons. The molecule has 1 rings (SSSR count). The van der Waals surface area contributed by atoms with Crippen molar-refractivity contribution in [2.24, 2.45) is 11.8 Å². The van der Waals surface area contributed by atoms with Gasteiger partial charge in [0.15, 0.2) is 0 Å². The molecule has 0 heterocycles.